The summed E-state index contributed by atoms with van der Waals surface area (Å²) in [5.41, 5.74) is 0.822. The minimum atomic E-state index is -3.95. The summed E-state index contributed by atoms with van der Waals surface area (Å²) in [7, 11) is -2.49. The van der Waals surface area contributed by atoms with Crippen LogP contribution in [0.25, 0.3) is 0 Å². The molecule has 0 saturated carbocycles. The second-order valence-corrected chi connectivity index (χ2v) is 9.52. The van der Waals surface area contributed by atoms with Gasteiger partial charge in [0.2, 0.25) is 5.91 Å². The molecule has 2 N–H and O–H groups in total. The maximum atomic E-state index is 13.2. The predicted octanol–water partition coefficient (Wildman–Crippen LogP) is 4.86. The molecular weight excluding hydrogens is 431 g/mol. The topological polar surface area (TPSA) is 84.5 Å². The number of carbonyl (C=O) groups excluding carboxylic acids is 1. The van der Waals surface area contributed by atoms with Crippen LogP contribution in [0.4, 0.5) is 15.8 Å². The Hall–Kier alpha value is -3.39. The highest BCUT2D eigenvalue weighted by molar-refractivity contribution is 7.92. The van der Waals surface area contributed by atoms with Crippen molar-refractivity contribution in [1.29, 1.82) is 0 Å². The van der Waals surface area contributed by atoms with Crippen molar-refractivity contribution in [2.75, 3.05) is 17.1 Å². The zero-order valence-electron chi connectivity index (χ0n) is 18.3. The molecule has 0 fully saturated rings. The Bertz CT molecular complexity index is 1240. The van der Waals surface area contributed by atoms with Crippen molar-refractivity contribution in [3.8, 4) is 5.75 Å². The Morgan fingerprint density at radius 1 is 1.00 bits per heavy atom. The summed E-state index contributed by atoms with van der Waals surface area (Å²) >= 11 is 0. The van der Waals surface area contributed by atoms with Crippen LogP contribution in [0.15, 0.2) is 71.6 Å². The lowest BCUT2D eigenvalue weighted by Crippen LogP contribution is -2.34. The number of carbonyl (C=O) groups is 1. The highest BCUT2D eigenvalue weighted by Crippen LogP contribution is 2.30. The molecule has 0 aliphatic heterocycles. The van der Waals surface area contributed by atoms with Crippen molar-refractivity contribution in [1.82, 2.24) is 0 Å². The summed E-state index contributed by atoms with van der Waals surface area (Å²) in [6.07, 6.45) is 0. The van der Waals surface area contributed by atoms with E-state index in [1.165, 1.54) is 25.3 Å². The van der Waals surface area contributed by atoms with Crippen molar-refractivity contribution in [2.24, 2.45) is 0 Å². The largest absolute Gasteiger partial charge is 0.495 e. The van der Waals surface area contributed by atoms with E-state index in [4.69, 9.17) is 4.74 Å². The predicted molar refractivity (Wildman–Crippen MR) is 123 cm³/mol. The second kappa shape index (κ2) is 9.00. The number of amides is 1. The van der Waals surface area contributed by atoms with Crippen molar-refractivity contribution in [2.45, 2.75) is 31.1 Å². The molecule has 3 rings (SSSR count). The van der Waals surface area contributed by atoms with Crippen LogP contribution in [0.5, 0.6) is 5.75 Å². The Labute approximate surface area is 187 Å². The first-order valence-corrected chi connectivity index (χ1v) is 11.4. The van der Waals surface area contributed by atoms with Crippen molar-refractivity contribution >= 4 is 27.3 Å². The van der Waals surface area contributed by atoms with Crippen LogP contribution in [0.1, 0.15) is 25.0 Å². The number of hydrogen-bond acceptors (Lipinski definition) is 4. The Balaban J connectivity index is 1.88. The average molecular weight is 457 g/mol. The van der Waals surface area contributed by atoms with E-state index in [9.17, 15) is 17.6 Å². The number of nitrogens with one attached hydrogen (secondary N) is 2. The summed E-state index contributed by atoms with van der Waals surface area (Å²) in [6, 6.07) is 17.0. The second-order valence-electron chi connectivity index (χ2n) is 7.87. The molecule has 0 radical (unpaired) electrons. The molecule has 1 amide bonds. The molecule has 8 heteroatoms. The Morgan fingerprint density at radius 3 is 2.31 bits per heavy atom. The fourth-order valence-electron chi connectivity index (χ4n) is 3.18. The molecule has 3 aromatic rings. The number of para-hydroxylation sites is 2. The van der Waals surface area contributed by atoms with E-state index in [0.29, 0.717) is 28.3 Å². The van der Waals surface area contributed by atoms with E-state index in [1.807, 2.05) is 0 Å². The monoisotopic (exact) mass is 456 g/mol. The molecule has 6 nitrogen and oxygen atoms in total. The fraction of sp³-hybridized carbons (Fsp3) is 0.208. The number of hydrogen-bond donors (Lipinski definition) is 2. The van der Waals surface area contributed by atoms with Gasteiger partial charge in [-0.3, -0.25) is 9.52 Å². The molecule has 0 atom stereocenters. The molecule has 168 valence electrons. The van der Waals surface area contributed by atoms with Gasteiger partial charge in [-0.2, -0.15) is 0 Å². The SMILES string of the molecule is COc1ccccc1NS(=O)(=O)c1cc(NC(=O)C(C)(C)c2ccc(F)cc2)ccc1C. The van der Waals surface area contributed by atoms with Gasteiger partial charge in [0.25, 0.3) is 10.0 Å². The van der Waals surface area contributed by atoms with Crippen LogP contribution >= 0.6 is 0 Å². The highest BCUT2D eigenvalue weighted by atomic mass is 32.2. The standard InChI is InChI=1S/C24H25FN2O4S/c1-16-9-14-19(26-23(28)24(2,3)17-10-12-18(25)13-11-17)15-22(16)32(29,30)27-20-7-5-6-8-21(20)31-4/h5-15,27H,1-4H3,(H,26,28). The molecule has 0 bridgehead atoms. The van der Waals surface area contributed by atoms with Crippen LogP contribution in [0.2, 0.25) is 0 Å². The van der Waals surface area contributed by atoms with Gasteiger partial charge in [-0.25, -0.2) is 12.8 Å². The Kier molecular flexibility index (Phi) is 6.55. The lowest BCUT2D eigenvalue weighted by molar-refractivity contribution is -0.120. The number of sulfonamides is 1. The van der Waals surface area contributed by atoms with Gasteiger partial charge in [-0.15, -0.1) is 0 Å². The molecule has 0 aromatic heterocycles. The average Bonchev–Trinajstić information content (AvgIpc) is 2.75. The minimum Gasteiger partial charge on any atom is -0.495 e. The number of aryl methyl sites for hydroxylation is 1. The third kappa shape index (κ3) is 4.91. The van der Waals surface area contributed by atoms with E-state index in [1.54, 1.807) is 69.3 Å². The first-order chi connectivity index (χ1) is 15.0. The number of methoxy groups -OCH3 is 1. The van der Waals surface area contributed by atoms with E-state index < -0.39 is 15.4 Å². The normalized spacial score (nSPS) is 11.7. The van der Waals surface area contributed by atoms with Gasteiger partial charge >= 0.3 is 0 Å². The van der Waals surface area contributed by atoms with Gasteiger partial charge in [0.15, 0.2) is 0 Å². The van der Waals surface area contributed by atoms with Gasteiger partial charge in [-0.05, 0) is 68.3 Å². The molecule has 0 saturated heterocycles. The van der Waals surface area contributed by atoms with E-state index >= 15 is 0 Å². The zero-order valence-corrected chi connectivity index (χ0v) is 19.1. The molecule has 0 aliphatic carbocycles. The maximum Gasteiger partial charge on any atom is 0.262 e. The quantitative estimate of drug-likeness (QED) is 0.532. The first-order valence-electron chi connectivity index (χ1n) is 9.88. The third-order valence-electron chi connectivity index (χ3n) is 5.22. The van der Waals surface area contributed by atoms with Crippen LogP contribution in [-0.4, -0.2) is 21.4 Å². The van der Waals surface area contributed by atoms with Gasteiger partial charge in [-0.1, -0.05) is 30.3 Å². The minimum absolute atomic E-state index is 0.0285. The smallest absolute Gasteiger partial charge is 0.262 e. The van der Waals surface area contributed by atoms with E-state index in [-0.39, 0.29) is 16.6 Å². The van der Waals surface area contributed by atoms with Crippen LogP contribution in [0.3, 0.4) is 0 Å². The van der Waals surface area contributed by atoms with Crippen molar-refractivity contribution < 1.29 is 22.3 Å². The van der Waals surface area contributed by atoms with Gasteiger partial charge in [0.1, 0.15) is 11.6 Å². The number of benzene rings is 3. The number of anilines is 2. The molecule has 0 aliphatic rings. The van der Waals surface area contributed by atoms with Crippen LogP contribution in [0, 0.1) is 12.7 Å². The maximum absolute atomic E-state index is 13.2. The Morgan fingerprint density at radius 2 is 1.66 bits per heavy atom. The summed E-state index contributed by atoms with van der Waals surface area (Å²) in [5, 5.41) is 2.77. The summed E-state index contributed by atoms with van der Waals surface area (Å²) in [4.78, 5) is 13.0. The van der Waals surface area contributed by atoms with Crippen molar-refractivity contribution in [3.05, 3.63) is 83.7 Å². The molecule has 0 spiro atoms. The van der Waals surface area contributed by atoms with Gasteiger partial charge in [0.05, 0.1) is 23.1 Å². The molecule has 0 unspecified atom stereocenters. The third-order valence-corrected chi connectivity index (χ3v) is 6.73. The summed E-state index contributed by atoms with van der Waals surface area (Å²) in [6.45, 7) is 5.10. The van der Waals surface area contributed by atoms with Crippen LogP contribution in [-0.2, 0) is 20.2 Å². The summed E-state index contributed by atoms with van der Waals surface area (Å²) in [5.74, 6) is -0.353. The molecular formula is C24H25FN2O4S. The number of ether oxygens (including phenoxy) is 1. The lowest BCUT2D eigenvalue weighted by atomic mass is 9.83. The van der Waals surface area contributed by atoms with E-state index in [0.717, 1.165) is 0 Å². The highest BCUT2D eigenvalue weighted by Gasteiger charge is 2.30. The molecule has 0 heterocycles. The van der Waals surface area contributed by atoms with Crippen LogP contribution < -0.4 is 14.8 Å². The number of rotatable bonds is 7. The first kappa shape index (κ1) is 23.3. The van der Waals surface area contributed by atoms with Crippen molar-refractivity contribution in [3.63, 3.8) is 0 Å². The lowest BCUT2D eigenvalue weighted by Gasteiger charge is -2.24. The van der Waals surface area contributed by atoms with E-state index in [2.05, 4.69) is 10.0 Å². The fourth-order valence-corrected chi connectivity index (χ4v) is 4.52. The molecule has 3 aromatic carbocycles. The number of halogens is 1. The summed E-state index contributed by atoms with van der Waals surface area (Å²) < 4.78 is 47.1. The zero-order chi connectivity index (χ0) is 23.5. The van der Waals surface area contributed by atoms with Gasteiger partial charge < -0.3 is 10.1 Å². The molecule has 32 heavy (non-hydrogen) atoms. The van der Waals surface area contributed by atoms with Gasteiger partial charge in [0, 0.05) is 5.69 Å².